The van der Waals surface area contributed by atoms with Crippen molar-refractivity contribution in [3.8, 4) is 5.75 Å². The van der Waals surface area contributed by atoms with Crippen molar-refractivity contribution in [2.45, 2.75) is 12.8 Å². The zero-order chi connectivity index (χ0) is 20.9. The lowest BCUT2D eigenvalue weighted by Crippen LogP contribution is -2.26. The van der Waals surface area contributed by atoms with Crippen molar-refractivity contribution >= 4 is 21.8 Å². The molecule has 3 rings (SSSR count). The molecule has 0 spiro atoms. The van der Waals surface area contributed by atoms with Gasteiger partial charge in [-0.1, -0.05) is 76.6 Å². The van der Waals surface area contributed by atoms with E-state index in [0.29, 0.717) is 17.9 Å². The highest BCUT2D eigenvalue weighted by Gasteiger charge is 2.11. The molecule has 1 amide bonds. The Morgan fingerprint density at radius 3 is 2.07 bits per heavy atom. The van der Waals surface area contributed by atoms with E-state index in [2.05, 4.69) is 33.4 Å². The molecule has 0 aliphatic heterocycles. The highest BCUT2D eigenvalue weighted by Crippen LogP contribution is 2.23. The summed E-state index contributed by atoms with van der Waals surface area (Å²) in [6.45, 7) is 1.34. The summed E-state index contributed by atoms with van der Waals surface area (Å²) in [6.07, 6.45) is 1.80. The van der Waals surface area contributed by atoms with Crippen LogP contribution in [-0.4, -0.2) is 26.1 Å². The molecule has 3 aromatic rings. The quantitative estimate of drug-likeness (QED) is 0.547. The number of halogens is 1. The van der Waals surface area contributed by atoms with Crippen molar-refractivity contribution in [1.29, 1.82) is 0 Å². The van der Waals surface area contributed by atoms with Crippen molar-refractivity contribution in [2.24, 2.45) is 5.73 Å². The highest BCUT2D eigenvalue weighted by atomic mass is 79.9. The Morgan fingerprint density at radius 1 is 0.931 bits per heavy atom. The van der Waals surface area contributed by atoms with Gasteiger partial charge in [0.15, 0.2) is 0 Å². The van der Waals surface area contributed by atoms with Gasteiger partial charge in [0, 0.05) is 11.0 Å². The molecule has 4 nitrogen and oxygen atoms in total. The maximum absolute atomic E-state index is 12.1. The van der Waals surface area contributed by atoms with Crippen molar-refractivity contribution in [2.75, 3.05) is 20.2 Å². The van der Waals surface area contributed by atoms with E-state index in [-0.39, 0.29) is 5.91 Å². The summed E-state index contributed by atoms with van der Waals surface area (Å²) in [4.78, 5) is 12.1. The molecule has 29 heavy (non-hydrogen) atoms. The fourth-order valence-corrected chi connectivity index (χ4v) is 3.06. The lowest BCUT2D eigenvalue weighted by molar-refractivity contribution is 0.0951. The molecule has 0 bridgehead atoms. The second-order valence-electron chi connectivity index (χ2n) is 6.36. The summed E-state index contributed by atoms with van der Waals surface area (Å²) >= 11 is 3.36. The number of benzene rings is 3. The number of nitrogens with two attached hydrogens (primary N) is 1. The van der Waals surface area contributed by atoms with E-state index in [9.17, 15) is 4.79 Å². The molecule has 3 N–H and O–H groups in total. The van der Waals surface area contributed by atoms with E-state index in [1.54, 1.807) is 19.2 Å². The van der Waals surface area contributed by atoms with Crippen LogP contribution in [0.5, 0.6) is 5.75 Å². The standard InChI is InChI=1S/C16H16BrNO2.C8H11N/c1-20-15-11-13(17)7-8-14(15)16(19)18-10-9-12-5-3-2-4-6-12;9-7-6-8-4-2-1-3-5-8/h2-8,11H,9-10H2,1H3,(H,18,19);1-5H,6-7,9H2. The molecule has 0 aliphatic rings. The van der Waals surface area contributed by atoms with Crippen LogP contribution >= 0.6 is 15.9 Å². The molecule has 152 valence electrons. The molecule has 0 heterocycles. The van der Waals surface area contributed by atoms with E-state index in [4.69, 9.17) is 10.5 Å². The molecule has 0 aromatic heterocycles. The zero-order valence-corrected chi connectivity index (χ0v) is 18.2. The molecule has 0 saturated heterocycles. The minimum atomic E-state index is -0.120. The summed E-state index contributed by atoms with van der Waals surface area (Å²) in [5.74, 6) is 0.446. The van der Waals surface area contributed by atoms with Gasteiger partial charge < -0.3 is 15.8 Å². The zero-order valence-electron chi connectivity index (χ0n) is 16.6. The van der Waals surface area contributed by atoms with Crippen LogP contribution in [0, 0.1) is 0 Å². The number of nitrogens with one attached hydrogen (secondary N) is 1. The van der Waals surface area contributed by atoms with Gasteiger partial charge in [-0.25, -0.2) is 0 Å². The molecule has 0 aliphatic carbocycles. The molecule has 0 atom stereocenters. The average molecular weight is 455 g/mol. The number of rotatable bonds is 7. The molecule has 0 fully saturated rings. The van der Waals surface area contributed by atoms with E-state index in [1.165, 1.54) is 11.1 Å². The van der Waals surface area contributed by atoms with E-state index in [0.717, 1.165) is 23.9 Å². The van der Waals surface area contributed by atoms with Gasteiger partial charge in [-0.3, -0.25) is 4.79 Å². The number of carbonyl (C=O) groups is 1. The molecule has 5 heteroatoms. The smallest absolute Gasteiger partial charge is 0.255 e. The summed E-state index contributed by atoms with van der Waals surface area (Å²) in [7, 11) is 1.56. The largest absolute Gasteiger partial charge is 0.496 e. The second kappa shape index (κ2) is 12.8. The number of ether oxygens (including phenoxy) is 1. The second-order valence-corrected chi connectivity index (χ2v) is 7.28. The summed E-state index contributed by atoms with van der Waals surface area (Å²) in [5, 5.41) is 2.91. The van der Waals surface area contributed by atoms with Crippen LogP contribution in [0.3, 0.4) is 0 Å². The first-order valence-corrected chi connectivity index (χ1v) is 10.3. The predicted octanol–water partition coefficient (Wildman–Crippen LogP) is 4.62. The Labute approximate surface area is 181 Å². The SMILES string of the molecule is COc1cc(Br)ccc1C(=O)NCCc1ccccc1.NCCc1ccccc1. The van der Waals surface area contributed by atoms with E-state index >= 15 is 0 Å². The molecule has 3 aromatic carbocycles. The minimum absolute atomic E-state index is 0.120. The summed E-state index contributed by atoms with van der Waals surface area (Å²) in [6, 6.07) is 25.7. The van der Waals surface area contributed by atoms with Gasteiger partial charge in [-0.15, -0.1) is 0 Å². The van der Waals surface area contributed by atoms with Crippen LogP contribution in [0.1, 0.15) is 21.5 Å². The number of hydrogen-bond acceptors (Lipinski definition) is 3. The van der Waals surface area contributed by atoms with E-state index < -0.39 is 0 Å². The van der Waals surface area contributed by atoms with Crippen LogP contribution in [0.4, 0.5) is 0 Å². The molecular weight excluding hydrogens is 428 g/mol. The lowest BCUT2D eigenvalue weighted by atomic mass is 10.1. The van der Waals surface area contributed by atoms with Gasteiger partial charge in [-0.05, 0) is 48.7 Å². The topological polar surface area (TPSA) is 64.3 Å². The first-order chi connectivity index (χ1) is 14.1. The highest BCUT2D eigenvalue weighted by molar-refractivity contribution is 9.10. The maximum atomic E-state index is 12.1. The van der Waals surface area contributed by atoms with Crippen LogP contribution in [-0.2, 0) is 12.8 Å². The van der Waals surface area contributed by atoms with Crippen LogP contribution in [0.25, 0.3) is 0 Å². The molecule has 0 radical (unpaired) electrons. The monoisotopic (exact) mass is 454 g/mol. The normalized spacial score (nSPS) is 9.90. The fraction of sp³-hybridized carbons (Fsp3) is 0.208. The van der Waals surface area contributed by atoms with Gasteiger partial charge in [0.25, 0.3) is 5.91 Å². The summed E-state index contributed by atoms with van der Waals surface area (Å²) < 4.78 is 6.11. The maximum Gasteiger partial charge on any atom is 0.255 e. The third kappa shape index (κ3) is 8.10. The Morgan fingerprint density at radius 2 is 1.52 bits per heavy atom. The van der Waals surface area contributed by atoms with Crippen molar-refractivity contribution in [3.05, 3.63) is 100 Å². The lowest BCUT2D eigenvalue weighted by Gasteiger charge is -2.09. The average Bonchev–Trinajstić information content (AvgIpc) is 2.76. The third-order valence-corrected chi connectivity index (χ3v) is 4.72. The summed E-state index contributed by atoms with van der Waals surface area (Å²) in [5.41, 5.74) is 8.43. The number of hydrogen-bond donors (Lipinski definition) is 2. The Kier molecular flexibility index (Phi) is 9.96. The Bertz CT molecular complexity index is 871. The molecule has 0 unspecified atom stereocenters. The number of amides is 1. The van der Waals surface area contributed by atoms with Gasteiger partial charge in [0.05, 0.1) is 12.7 Å². The Hall–Kier alpha value is -2.63. The fourth-order valence-electron chi connectivity index (χ4n) is 2.72. The van der Waals surface area contributed by atoms with Gasteiger partial charge in [-0.2, -0.15) is 0 Å². The Balaban J connectivity index is 0.000000278. The molecule has 0 saturated carbocycles. The number of methoxy groups -OCH3 is 1. The van der Waals surface area contributed by atoms with Crippen LogP contribution < -0.4 is 15.8 Å². The van der Waals surface area contributed by atoms with E-state index in [1.807, 2.05) is 54.6 Å². The van der Waals surface area contributed by atoms with Crippen molar-refractivity contribution in [3.63, 3.8) is 0 Å². The predicted molar refractivity (Wildman–Crippen MR) is 122 cm³/mol. The van der Waals surface area contributed by atoms with Crippen LogP contribution in [0.15, 0.2) is 83.3 Å². The minimum Gasteiger partial charge on any atom is -0.496 e. The van der Waals surface area contributed by atoms with Gasteiger partial charge in [0.2, 0.25) is 0 Å². The van der Waals surface area contributed by atoms with Crippen molar-refractivity contribution < 1.29 is 9.53 Å². The van der Waals surface area contributed by atoms with Crippen molar-refractivity contribution in [1.82, 2.24) is 5.32 Å². The van der Waals surface area contributed by atoms with Gasteiger partial charge >= 0.3 is 0 Å². The molecular formula is C24H27BrN2O2. The first-order valence-electron chi connectivity index (χ1n) is 9.53. The first kappa shape index (κ1) is 22.7. The van der Waals surface area contributed by atoms with Gasteiger partial charge in [0.1, 0.15) is 5.75 Å². The van der Waals surface area contributed by atoms with Crippen LogP contribution in [0.2, 0.25) is 0 Å². The number of carbonyl (C=O) groups excluding carboxylic acids is 1. The third-order valence-electron chi connectivity index (χ3n) is 4.23.